The van der Waals surface area contributed by atoms with E-state index < -0.39 is 38.1 Å². The molecule has 3 rings (SSSR count). The monoisotopic (exact) mass is 559 g/mol. The van der Waals surface area contributed by atoms with Crippen molar-refractivity contribution in [3.8, 4) is 5.75 Å². The smallest absolute Gasteiger partial charge is 0.261 e. The van der Waals surface area contributed by atoms with Gasteiger partial charge in [0, 0.05) is 30.2 Å². The van der Waals surface area contributed by atoms with Gasteiger partial charge in [-0.2, -0.15) is 0 Å². The van der Waals surface area contributed by atoms with Gasteiger partial charge >= 0.3 is 0 Å². The van der Waals surface area contributed by atoms with Crippen molar-refractivity contribution in [2.75, 3.05) is 37.7 Å². The molecule has 2 aromatic carbocycles. The number of benzene rings is 2. The number of rotatable bonds is 8. The highest BCUT2D eigenvalue weighted by molar-refractivity contribution is 7.92. The van der Waals surface area contributed by atoms with E-state index in [1.165, 1.54) is 58.7 Å². The van der Waals surface area contributed by atoms with Crippen LogP contribution >= 0.6 is 11.6 Å². The summed E-state index contributed by atoms with van der Waals surface area (Å²) in [5, 5.41) is 10.1. The Bertz CT molecular complexity index is 1320. The second-order valence-corrected chi connectivity index (χ2v) is 13.1. The predicted octanol–water partition coefficient (Wildman–Crippen LogP) is 2.25. The normalized spacial score (nSPS) is 19.8. The van der Waals surface area contributed by atoms with Gasteiger partial charge in [-0.05, 0) is 49.4 Å². The lowest BCUT2D eigenvalue weighted by molar-refractivity contribution is 0.0387. The molecule has 10 nitrogen and oxygen atoms in total. The first-order chi connectivity index (χ1) is 16.7. The SMILES string of the molecule is C[C@@H]1CN([C@@H](C)CO)C(=O)c2cc(NS(=O)(=O)c3ccc(Cl)cc3)ccc2O[C@@H]1CN(C)S(C)(=O)=O. The Morgan fingerprint density at radius 2 is 1.83 bits per heavy atom. The van der Waals surface area contributed by atoms with Gasteiger partial charge in [-0.3, -0.25) is 9.52 Å². The summed E-state index contributed by atoms with van der Waals surface area (Å²) in [5.74, 6) is -0.535. The molecule has 0 bridgehead atoms. The van der Waals surface area contributed by atoms with Crippen molar-refractivity contribution in [3.05, 3.63) is 53.1 Å². The Kier molecular flexibility index (Phi) is 8.56. The van der Waals surface area contributed by atoms with Crippen LogP contribution in [0.1, 0.15) is 24.2 Å². The number of amides is 1. The van der Waals surface area contributed by atoms with Crippen LogP contribution in [-0.4, -0.2) is 82.2 Å². The fourth-order valence-corrected chi connectivity index (χ4v) is 5.31. The Morgan fingerprint density at radius 3 is 2.42 bits per heavy atom. The van der Waals surface area contributed by atoms with Gasteiger partial charge in [-0.1, -0.05) is 18.5 Å². The van der Waals surface area contributed by atoms with E-state index in [9.17, 15) is 26.7 Å². The van der Waals surface area contributed by atoms with Crippen molar-refractivity contribution in [1.29, 1.82) is 0 Å². The molecule has 0 aliphatic carbocycles. The Labute approximate surface area is 216 Å². The van der Waals surface area contributed by atoms with Crippen LogP contribution in [0.4, 0.5) is 5.69 Å². The molecule has 1 aliphatic rings. The molecule has 0 radical (unpaired) electrons. The summed E-state index contributed by atoms with van der Waals surface area (Å²) in [7, 11) is -6.00. The van der Waals surface area contributed by atoms with Crippen LogP contribution in [0, 0.1) is 5.92 Å². The van der Waals surface area contributed by atoms with E-state index in [0.29, 0.717) is 5.02 Å². The third-order valence-corrected chi connectivity index (χ3v) is 8.97. The van der Waals surface area contributed by atoms with E-state index in [1.807, 2.05) is 6.92 Å². The molecule has 13 heteroatoms. The summed E-state index contributed by atoms with van der Waals surface area (Å²) in [5.41, 5.74) is 0.223. The number of carbonyl (C=O) groups is 1. The molecule has 0 fully saturated rings. The summed E-state index contributed by atoms with van der Waals surface area (Å²) in [4.78, 5) is 15.0. The average molecular weight is 560 g/mol. The van der Waals surface area contributed by atoms with Crippen LogP contribution < -0.4 is 9.46 Å². The number of nitrogens with zero attached hydrogens (tertiary/aromatic N) is 2. The fourth-order valence-electron chi connectivity index (χ4n) is 3.72. The summed E-state index contributed by atoms with van der Waals surface area (Å²) in [6, 6.07) is 9.41. The molecule has 0 unspecified atom stereocenters. The van der Waals surface area contributed by atoms with Gasteiger partial charge in [-0.25, -0.2) is 21.1 Å². The molecular formula is C23H30ClN3O7S2. The van der Waals surface area contributed by atoms with E-state index in [-0.39, 0.29) is 47.5 Å². The standard InChI is InChI=1S/C23H30ClN3O7S2/c1-15-12-27(16(2)14-28)23(29)20-11-18(25-36(32,33)19-8-5-17(24)6-9-19)7-10-21(20)34-22(15)13-26(3)35(4,30)31/h5-11,15-16,22,25,28H,12-14H2,1-4H3/t15-,16+,22-/m1/s1. The summed E-state index contributed by atoms with van der Waals surface area (Å²) >= 11 is 5.85. The molecule has 1 amide bonds. The van der Waals surface area contributed by atoms with Crippen LogP contribution in [-0.2, 0) is 20.0 Å². The zero-order valence-electron chi connectivity index (χ0n) is 20.4. The minimum absolute atomic E-state index is 0.00514. The minimum atomic E-state index is -3.96. The Morgan fingerprint density at radius 1 is 1.19 bits per heavy atom. The molecule has 198 valence electrons. The zero-order valence-corrected chi connectivity index (χ0v) is 22.8. The summed E-state index contributed by atoms with van der Waals surface area (Å²) in [6.45, 7) is 3.48. The Balaban J connectivity index is 2.01. The van der Waals surface area contributed by atoms with Crippen LogP contribution in [0.2, 0.25) is 5.02 Å². The average Bonchev–Trinajstić information content (AvgIpc) is 2.80. The van der Waals surface area contributed by atoms with Gasteiger partial charge in [0.15, 0.2) is 0 Å². The van der Waals surface area contributed by atoms with Crippen LogP contribution in [0.25, 0.3) is 0 Å². The molecule has 1 heterocycles. The number of ether oxygens (including phenoxy) is 1. The van der Waals surface area contributed by atoms with Gasteiger partial charge < -0.3 is 14.7 Å². The second kappa shape index (κ2) is 10.9. The number of likely N-dealkylation sites (N-methyl/N-ethyl adjacent to an activating group) is 1. The number of anilines is 1. The second-order valence-electron chi connectivity index (χ2n) is 8.94. The number of fused-ring (bicyclic) bond motifs is 1. The number of halogens is 1. The maximum Gasteiger partial charge on any atom is 0.261 e. The van der Waals surface area contributed by atoms with E-state index in [1.54, 1.807) is 6.92 Å². The highest BCUT2D eigenvalue weighted by atomic mass is 35.5. The van der Waals surface area contributed by atoms with Crippen molar-refractivity contribution >= 4 is 43.2 Å². The topological polar surface area (TPSA) is 133 Å². The summed E-state index contributed by atoms with van der Waals surface area (Å²) < 4.78 is 59.4. The lowest BCUT2D eigenvalue weighted by Gasteiger charge is -2.38. The largest absolute Gasteiger partial charge is 0.488 e. The first-order valence-corrected chi connectivity index (χ1v) is 14.9. The fraction of sp³-hybridized carbons (Fsp3) is 0.435. The molecule has 1 aliphatic heterocycles. The van der Waals surface area contributed by atoms with E-state index in [0.717, 1.165) is 6.26 Å². The van der Waals surface area contributed by atoms with Gasteiger partial charge in [0.2, 0.25) is 10.0 Å². The van der Waals surface area contributed by atoms with Gasteiger partial charge in [0.25, 0.3) is 15.9 Å². The number of aliphatic hydroxyl groups excluding tert-OH is 1. The molecule has 3 atom stereocenters. The predicted molar refractivity (Wildman–Crippen MR) is 137 cm³/mol. The molecular weight excluding hydrogens is 530 g/mol. The quantitative estimate of drug-likeness (QED) is 0.506. The molecule has 0 aromatic heterocycles. The molecule has 2 aromatic rings. The van der Waals surface area contributed by atoms with Crippen molar-refractivity contribution in [2.24, 2.45) is 5.92 Å². The van der Waals surface area contributed by atoms with Gasteiger partial charge in [-0.15, -0.1) is 0 Å². The highest BCUT2D eigenvalue weighted by Gasteiger charge is 2.34. The van der Waals surface area contributed by atoms with Crippen molar-refractivity contribution in [3.63, 3.8) is 0 Å². The highest BCUT2D eigenvalue weighted by Crippen LogP contribution is 2.31. The lowest BCUT2D eigenvalue weighted by Crippen LogP contribution is -2.50. The minimum Gasteiger partial charge on any atom is -0.488 e. The molecule has 0 spiro atoms. The summed E-state index contributed by atoms with van der Waals surface area (Å²) in [6.07, 6.45) is 0.485. The number of carbonyl (C=O) groups excluding carboxylic acids is 1. The maximum absolute atomic E-state index is 13.5. The van der Waals surface area contributed by atoms with Crippen molar-refractivity contribution in [2.45, 2.75) is 30.9 Å². The third-order valence-electron chi connectivity index (χ3n) is 6.04. The number of hydrogen-bond acceptors (Lipinski definition) is 7. The van der Waals surface area contributed by atoms with E-state index in [2.05, 4.69) is 4.72 Å². The van der Waals surface area contributed by atoms with Crippen LogP contribution in [0.3, 0.4) is 0 Å². The number of sulfonamides is 2. The molecule has 2 N–H and O–H groups in total. The Hall–Kier alpha value is -2.38. The van der Waals surface area contributed by atoms with Crippen LogP contribution in [0.5, 0.6) is 5.75 Å². The van der Waals surface area contributed by atoms with Crippen LogP contribution in [0.15, 0.2) is 47.4 Å². The van der Waals surface area contributed by atoms with Gasteiger partial charge in [0.1, 0.15) is 11.9 Å². The number of nitrogens with one attached hydrogen (secondary N) is 1. The molecule has 36 heavy (non-hydrogen) atoms. The van der Waals surface area contributed by atoms with Gasteiger partial charge in [0.05, 0.1) is 35.9 Å². The third kappa shape index (κ3) is 6.48. The zero-order chi connectivity index (χ0) is 26.8. The van der Waals surface area contributed by atoms with E-state index in [4.69, 9.17) is 16.3 Å². The number of aliphatic hydroxyl groups is 1. The first-order valence-electron chi connectivity index (χ1n) is 11.1. The molecule has 0 saturated carbocycles. The van der Waals surface area contributed by atoms with E-state index >= 15 is 0 Å². The first kappa shape index (κ1) is 28.2. The molecule has 0 saturated heterocycles. The van der Waals surface area contributed by atoms with Crippen molar-refractivity contribution in [1.82, 2.24) is 9.21 Å². The van der Waals surface area contributed by atoms with Crippen molar-refractivity contribution < 1.29 is 31.5 Å². The lowest BCUT2D eigenvalue weighted by atomic mass is 9.99. The number of hydrogen-bond donors (Lipinski definition) is 2. The maximum atomic E-state index is 13.5.